The maximum Gasteiger partial charge on any atom is 0.246 e. The Labute approximate surface area is 123 Å². The third-order valence-electron chi connectivity index (χ3n) is 3.24. The first-order valence-electron chi connectivity index (χ1n) is 6.08. The Morgan fingerprint density at radius 1 is 1.40 bits per heavy atom. The largest absolute Gasteiger partial charge is 0.318 e. The van der Waals surface area contributed by atoms with Gasteiger partial charge in [0.25, 0.3) is 0 Å². The average molecular weight is 327 g/mol. The summed E-state index contributed by atoms with van der Waals surface area (Å²) in [5.74, 6) is -1.68. The number of rotatable bonds is 4. The number of hydrogen-bond acceptors (Lipinski definition) is 3. The fourth-order valence-corrected chi connectivity index (χ4v) is 4.14. The van der Waals surface area contributed by atoms with Gasteiger partial charge < -0.3 is 5.32 Å². The van der Waals surface area contributed by atoms with E-state index >= 15 is 0 Å². The Hall–Kier alpha value is -0.760. The molecule has 1 atom stereocenters. The molecule has 0 aliphatic carbocycles. The van der Waals surface area contributed by atoms with E-state index in [0.29, 0.717) is 13.1 Å². The first kappa shape index (κ1) is 17.3. The van der Waals surface area contributed by atoms with Gasteiger partial charge in [0.15, 0.2) is 0 Å². The van der Waals surface area contributed by atoms with Crippen LogP contribution >= 0.6 is 12.4 Å². The molecule has 1 aromatic carbocycles. The maximum atomic E-state index is 13.6. The van der Waals surface area contributed by atoms with E-state index < -0.39 is 26.6 Å². The standard InChI is InChI=1S/C12H16F2N2O2S.ClH/c1-15-8-10-3-2-6-16(10)19(17,18)12-7-9(13)4-5-11(12)14;/h4-5,7,10,15H,2-3,6,8H2,1H3;1H. The molecule has 0 spiro atoms. The number of benzene rings is 1. The predicted octanol–water partition coefficient (Wildman–Crippen LogP) is 1.76. The molecule has 1 unspecified atom stereocenters. The molecule has 114 valence electrons. The average Bonchev–Trinajstić information content (AvgIpc) is 2.81. The van der Waals surface area contributed by atoms with Gasteiger partial charge in [-0.05, 0) is 38.1 Å². The number of sulfonamides is 1. The minimum Gasteiger partial charge on any atom is -0.318 e. The molecular formula is C12H17ClF2N2O2S. The highest BCUT2D eigenvalue weighted by molar-refractivity contribution is 7.89. The Bertz CT molecular complexity index is 569. The quantitative estimate of drug-likeness (QED) is 0.917. The van der Waals surface area contributed by atoms with Crippen LogP contribution in [-0.4, -0.2) is 38.9 Å². The van der Waals surface area contributed by atoms with Gasteiger partial charge in [-0.1, -0.05) is 0 Å². The molecule has 1 aromatic rings. The molecule has 1 aliphatic heterocycles. The lowest BCUT2D eigenvalue weighted by molar-refractivity contribution is 0.376. The summed E-state index contributed by atoms with van der Waals surface area (Å²) < 4.78 is 52.8. The van der Waals surface area contributed by atoms with Crippen molar-refractivity contribution >= 4 is 22.4 Å². The van der Waals surface area contributed by atoms with Crippen LogP contribution in [0.5, 0.6) is 0 Å². The minimum absolute atomic E-state index is 0. The normalized spacial score (nSPS) is 19.9. The molecular weight excluding hydrogens is 310 g/mol. The lowest BCUT2D eigenvalue weighted by Crippen LogP contribution is -2.41. The zero-order valence-electron chi connectivity index (χ0n) is 11.0. The summed E-state index contributed by atoms with van der Waals surface area (Å²) in [7, 11) is -2.26. The second-order valence-corrected chi connectivity index (χ2v) is 6.40. The predicted molar refractivity (Wildman–Crippen MR) is 74.4 cm³/mol. The second-order valence-electron chi connectivity index (χ2n) is 4.54. The number of halogens is 3. The lowest BCUT2D eigenvalue weighted by atomic mass is 10.2. The van der Waals surface area contributed by atoms with E-state index in [-0.39, 0.29) is 18.4 Å². The van der Waals surface area contributed by atoms with Gasteiger partial charge in [0.2, 0.25) is 10.0 Å². The molecule has 1 saturated heterocycles. The van der Waals surface area contributed by atoms with Crippen molar-refractivity contribution in [3.63, 3.8) is 0 Å². The summed E-state index contributed by atoms with van der Waals surface area (Å²) in [4.78, 5) is -0.587. The van der Waals surface area contributed by atoms with Crippen LogP contribution in [0.2, 0.25) is 0 Å². The Balaban J connectivity index is 0.00000200. The van der Waals surface area contributed by atoms with Crippen LogP contribution in [0.15, 0.2) is 23.1 Å². The van der Waals surface area contributed by atoms with E-state index in [1.54, 1.807) is 7.05 Å². The molecule has 1 N–H and O–H groups in total. The van der Waals surface area contributed by atoms with E-state index in [4.69, 9.17) is 0 Å². The summed E-state index contributed by atoms with van der Waals surface area (Å²) in [5, 5.41) is 2.92. The Morgan fingerprint density at radius 2 is 2.10 bits per heavy atom. The molecule has 1 heterocycles. The fourth-order valence-electron chi connectivity index (χ4n) is 2.37. The van der Waals surface area contributed by atoms with E-state index in [1.165, 1.54) is 4.31 Å². The molecule has 1 fully saturated rings. The minimum atomic E-state index is -3.98. The zero-order chi connectivity index (χ0) is 14.0. The van der Waals surface area contributed by atoms with Crippen LogP contribution < -0.4 is 5.32 Å². The highest BCUT2D eigenvalue weighted by Gasteiger charge is 2.36. The van der Waals surface area contributed by atoms with Crippen molar-refractivity contribution in [2.75, 3.05) is 20.1 Å². The Morgan fingerprint density at radius 3 is 2.75 bits per heavy atom. The van der Waals surface area contributed by atoms with Gasteiger partial charge in [-0.25, -0.2) is 17.2 Å². The molecule has 0 bridgehead atoms. The van der Waals surface area contributed by atoms with Crippen LogP contribution in [0, 0.1) is 11.6 Å². The van der Waals surface area contributed by atoms with Crippen molar-refractivity contribution in [3.8, 4) is 0 Å². The van der Waals surface area contributed by atoms with E-state index in [1.807, 2.05) is 0 Å². The maximum absolute atomic E-state index is 13.6. The smallest absolute Gasteiger partial charge is 0.246 e. The van der Waals surface area contributed by atoms with Crippen LogP contribution in [0.25, 0.3) is 0 Å². The first-order valence-corrected chi connectivity index (χ1v) is 7.52. The summed E-state index contributed by atoms with van der Waals surface area (Å²) >= 11 is 0. The number of nitrogens with one attached hydrogen (secondary N) is 1. The van der Waals surface area contributed by atoms with Crippen molar-refractivity contribution in [2.24, 2.45) is 0 Å². The van der Waals surface area contributed by atoms with E-state index in [2.05, 4.69) is 5.32 Å². The highest BCUT2D eigenvalue weighted by Crippen LogP contribution is 2.27. The van der Waals surface area contributed by atoms with Crippen LogP contribution in [0.1, 0.15) is 12.8 Å². The van der Waals surface area contributed by atoms with Gasteiger partial charge in [0.05, 0.1) is 0 Å². The third kappa shape index (κ3) is 3.28. The molecule has 2 rings (SSSR count). The monoisotopic (exact) mass is 326 g/mol. The van der Waals surface area contributed by atoms with E-state index in [0.717, 1.165) is 31.0 Å². The summed E-state index contributed by atoms with van der Waals surface area (Å²) in [6.07, 6.45) is 1.44. The van der Waals surface area contributed by atoms with Crippen LogP contribution in [0.4, 0.5) is 8.78 Å². The topological polar surface area (TPSA) is 49.4 Å². The first-order chi connectivity index (χ1) is 8.96. The molecule has 0 aromatic heterocycles. The van der Waals surface area contributed by atoms with Crippen molar-refractivity contribution in [1.29, 1.82) is 0 Å². The molecule has 0 amide bonds. The summed E-state index contributed by atoms with van der Waals surface area (Å²) in [6, 6.07) is 2.27. The molecule has 1 aliphatic rings. The Kier molecular flexibility index (Phi) is 5.88. The summed E-state index contributed by atoms with van der Waals surface area (Å²) in [5.41, 5.74) is 0. The van der Waals surface area contributed by atoms with Gasteiger partial charge in [-0.2, -0.15) is 4.31 Å². The number of nitrogens with zero attached hydrogens (tertiary/aromatic N) is 1. The van der Waals surface area contributed by atoms with Gasteiger partial charge in [-0.15, -0.1) is 12.4 Å². The van der Waals surface area contributed by atoms with Crippen molar-refractivity contribution in [1.82, 2.24) is 9.62 Å². The number of likely N-dealkylation sites (N-methyl/N-ethyl adjacent to an activating group) is 1. The SMILES string of the molecule is CNCC1CCCN1S(=O)(=O)c1cc(F)ccc1F.Cl. The molecule has 4 nitrogen and oxygen atoms in total. The molecule has 20 heavy (non-hydrogen) atoms. The third-order valence-corrected chi connectivity index (χ3v) is 5.21. The molecule has 8 heteroatoms. The number of hydrogen-bond donors (Lipinski definition) is 1. The zero-order valence-corrected chi connectivity index (χ0v) is 12.6. The van der Waals surface area contributed by atoms with E-state index in [9.17, 15) is 17.2 Å². The van der Waals surface area contributed by atoms with Crippen LogP contribution in [0.3, 0.4) is 0 Å². The second kappa shape index (κ2) is 6.80. The fraction of sp³-hybridized carbons (Fsp3) is 0.500. The lowest BCUT2D eigenvalue weighted by Gasteiger charge is -2.24. The molecule has 0 radical (unpaired) electrons. The highest BCUT2D eigenvalue weighted by atomic mass is 35.5. The van der Waals surface area contributed by atoms with Gasteiger partial charge >= 0.3 is 0 Å². The van der Waals surface area contributed by atoms with Crippen LogP contribution in [-0.2, 0) is 10.0 Å². The van der Waals surface area contributed by atoms with Crippen molar-refractivity contribution in [2.45, 2.75) is 23.8 Å². The van der Waals surface area contributed by atoms with Crippen molar-refractivity contribution in [3.05, 3.63) is 29.8 Å². The van der Waals surface area contributed by atoms with Gasteiger partial charge in [0.1, 0.15) is 16.5 Å². The molecule has 0 saturated carbocycles. The summed E-state index contributed by atoms with van der Waals surface area (Å²) in [6.45, 7) is 0.834. The van der Waals surface area contributed by atoms with Gasteiger partial charge in [-0.3, -0.25) is 0 Å². The van der Waals surface area contributed by atoms with Gasteiger partial charge in [0, 0.05) is 19.1 Å². The van der Waals surface area contributed by atoms with Crippen molar-refractivity contribution < 1.29 is 17.2 Å².